The van der Waals surface area contributed by atoms with Crippen molar-refractivity contribution in [3.8, 4) is 29.5 Å². The number of ketones is 1. The van der Waals surface area contributed by atoms with Crippen molar-refractivity contribution in [2.24, 2.45) is 16.1 Å². The normalized spacial score (nSPS) is 13.4. The van der Waals surface area contributed by atoms with Crippen molar-refractivity contribution in [2.45, 2.75) is 52.9 Å². The summed E-state index contributed by atoms with van der Waals surface area (Å²) < 4.78 is 5.60. The summed E-state index contributed by atoms with van der Waals surface area (Å²) in [7, 11) is 0. The van der Waals surface area contributed by atoms with Crippen molar-refractivity contribution in [3.63, 3.8) is 0 Å². The average Bonchev–Trinajstić information content (AvgIpc) is 3.69. The van der Waals surface area contributed by atoms with Crippen molar-refractivity contribution in [2.75, 3.05) is 24.6 Å². The Morgan fingerprint density at radius 2 is 1.78 bits per heavy atom. The number of anilines is 1. The SMILES string of the molecule is CCCCC(CC)C(=O)OCCN(CC)c1ccc(N=Nc2nc(-c3ccccc3)c(/C=C/C3=C(C#N)C(=C(C#N)C#N)CC3=O)s2)cc1. The molecule has 1 aromatic heterocycles. The van der Waals surface area contributed by atoms with Crippen molar-refractivity contribution in [1.29, 1.82) is 15.8 Å². The first-order chi connectivity index (χ1) is 23.9. The fourth-order valence-corrected chi connectivity index (χ4v) is 6.19. The lowest BCUT2D eigenvalue weighted by Gasteiger charge is -2.23. The molecule has 0 radical (unpaired) electrons. The van der Waals surface area contributed by atoms with Gasteiger partial charge in [0.05, 0.1) is 34.3 Å². The first kappa shape index (κ1) is 36.1. The molecule has 0 aliphatic heterocycles. The number of likely N-dealkylation sites (N-methyl/N-ethyl adjacent to an activating group) is 1. The van der Waals surface area contributed by atoms with E-state index in [1.54, 1.807) is 18.2 Å². The maximum Gasteiger partial charge on any atom is 0.308 e. The van der Waals surface area contributed by atoms with Gasteiger partial charge in [-0.3, -0.25) is 9.59 Å². The zero-order valence-electron chi connectivity index (χ0n) is 27.8. The van der Waals surface area contributed by atoms with Crippen molar-refractivity contribution in [1.82, 2.24) is 4.98 Å². The Labute approximate surface area is 291 Å². The number of azo groups is 1. The van der Waals surface area contributed by atoms with Gasteiger partial charge in [-0.2, -0.15) is 15.8 Å². The molecule has 1 heterocycles. The van der Waals surface area contributed by atoms with E-state index in [9.17, 15) is 25.4 Å². The quantitative estimate of drug-likeness (QED) is 0.0880. The van der Waals surface area contributed by atoms with E-state index >= 15 is 0 Å². The Hall–Kier alpha value is -5.70. The lowest BCUT2D eigenvalue weighted by atomic mass is 10.00. The average molecular weight is 672 g/mol. The van der Waals surface area contributed by atoms with E-state index in [0.717, 1.165) is 43.5 Å². The van der Waals surface area contributed by atoms with Crippen LogP contribution >= 0.6 is 11.3 Å². The molecule has 1 atom stereocenters. The van der Waals surface area contributed by atoms with E-state index < -0.39 is 0 Å². The minimum absolute atomic E-state index is 0.0312. The second-order valence-electron chi connectivity index (χ2n) is 11.2. The van der Waals surface area contributed by atoms with Crippen LogP contribution in [0.2, 0.25) is 0 Å². The fraction of sp³-hybridized carbons (Fsp3) is 0.316. The van der Waals surface area contributed by atoms with Gasteiger partial charge in [-0.15, -0.1) is 10.2 Å². The molecule has 49 heavy (non-hydrogen) atoms. The molecule has 0 spiro atoms. The number of thiazole rings is 1. The number of hydrogen-bond donors (Lipinski definition) is 0. The molecule has 1 aliphatic rings. The minimum atomic E-state index is -0.338. The number of unbranched alkanes of at least 4 members (excludes halogenated alkanes) is 1. The number of rotatable bonds is 15. The molecule has 0 saturated heterocycles. The second-order valence-corrected chi connectivity index (χ2v) is 12.2. The maximum atomic E-state index is 12.8. The topological polar surface area (TPSA) is 156 Å². The molecular weight excluding hydrogens is 635 g/mol. The first-order valence-electron chi connectivity index (χ1n) is 16.3. The van der Waals surface area contributed by atoms with E-state index in [-0.39, 0.29) is 46.4 Å². The molecule has 0 N–H and O–H groups in total. The predicted octanol–water partition coefficient (Wildman–Crippen LogP) is 8.96. The standard InChI is InChI=1S/C38H37N7O3S/c1-4-7-11-26(5-2)37(47)48-21-20-45(6-3)30-16-14-29(15-17-30)43-44-38-42-36(27-12-9-8-10-13-27)35(49-38)19-18-31-33(25-41)32(22-34(31)46)28(23-39)24-40/h8-10,12-19,26H,4-7,11,20-22H2,1-3H3/b19-18+,44-43?. The third-order valence-electron chi connectivity index (χ3n) is 8.12. The summed E-state index contributed by atoms with van der Waals surface area (Å²) in [6, 6.07) is 22.7. The number of Topliss-reactive ketones (excluding diaryl/α,β-unsaturated/α-hetero) is 1. The summed E-state index contributed by atoms with van der Waals surface area (Å²) in [5, 5.41) is 37.5. The van der Waals surface area contributed by atoms with Crippen LogP contribution in [0.25, 0.3) is 17.3 Å². The number of aromatic nitrogens is 1. The number of carbonyl (C=O) groups is 2. The number of allylic oxidation sites excluding steroid dienone is 5. The lowest BCUT2D eigenvalue weighted by Crippen LogP contribution is -2.29. The Morgan fingerprint density at radius 3 is 2.41 bits per heavy atom. The van der Waals surface area contributed by atoms with E-state index in [2.05, 4.69) is 29.0 Å². The molecule has 1 aliphatic carbocycles. The highest BCUT2D eigenvalue weighted by Crippen LogP contribution is 2.37. The van der Waals surface area contributed by atoms with Crippen LogP contribution in [0.3, 0.4) is 0 Å². The van der Waals surface area contributed by atoms with Crippen LogP contribution in [0.4, 0.5) is 16.5 Å². The molecule has 0 saturated carbocycles. The van der Waals surface area contributed by atoms with Gasteiger partial charge in [0.25, 0.3) is 0 Å². The van der Waals surface area contributed by atoms with Gasteiger partial charge in [0.1, 0.15) is 30.4 Å². The summed E-state index contributed by atoms with van der Waals surface area (Å²) in [6.45, 7) is 7.85. The largest absolute Gasteiger partial charge is 0.464 e. The summed E-state index contributed by atoms with van der Waals surface area (Å²) in [4.78, 5) is 32.8. The number of hydrogen-bond acceptors (Lipinski definition) is 11. The van der Waals surface area contributed by atoms with E-state index in [1.165, 1.54) is 17.4 Å². The van der Waals surface area contributed by atoms with Gasteiger partial charge in [-0.25, -0.2) is 4.98 Å². The number of esters is 1. The molecule has 3 aromatic rings. The highest BCUT2D eigenvalue weighted by atomic mass is 32.1. The smallest absolute Gasteiger partial charge is 0.308 e. The van der Waals surface area contributed by atoms with Crippen LogP contribution in [-0.2, 0) is 14.3 Å². The van der Waals surface area contributed by atoms with Crippen molar-refractivity contribution >= 4 is 45.7 Å². The Bertz CT molecular complexity index is 1890. The highest BCUT2D eigenvalue weighted by Gasteiger charge is 2.29. The molecule has 1 unspecified atom stereocenters. The Morgan fingerprint density at radius 1 is 1.04 bits per heavy atom. The van der Waals surface area contributed by atoms with Crippen molar-refractivity contribution < 1.29 is 14.3 Å². The van der Waals surface area contributed by atoms with Gasteiger partial charge < -0.3 is 9.64 Å². The number of carbonyl (C=O) groups excluding carboxylic acids is 2. The Balaban J connectivity index is 1.51. The summed E-state index contributed by atoms with van der Waals surface area (Å²) >= 11 is 1.27. The van der Waals surface area contributed by atoms with E-state index in [1.807, 2.05) is 67.6 Å². The number of nitriles is 3. The molecule has 0 fully saturated rings. The predicted molar refractivity (Wildman–Crippen MR) is 190 cm³/mol. The lowest BCUT2D eigenvalue weighted by molar-refractivity contribution is -0.148. The van der Waals surface area contributed by atoms with Gasteiger partial charge in [-0.1, -0.05) is 68.4 Å². The zero-order valence-corrected chi connectivity index (χ0v) is 28.7. The molecular formula is C38H37N7O3S. The van der Waals surface area contributed by atoms with Crippen LogP contribution in [0, 0.1) is 39.9 Å². The third kappa shape index (κ3) is 9.22. The zero-order chi connectivity index (χ0) is 35.2. The van der Waals surface area contributed by atoms with Crippen LogP contribution in [0.15, 0.2) is 93.2 Å². The number of benzene rings is 2. The molecule has 10 nitrogen and oxygen atoms in total. The van der Waals surface area contributed by atoms with E-state index in [0.29, 0.717) is 34.5 Å². The molecule has 11 heteroatoms. The maximum absolute atomic E-state index is 12.8. The number of nitrogens with zero attached hydrogens (tertiary/aromatic N) is 7. The third-order valence-corrected chi connectivity index (χ3v) is 9.03. The molecule has 0 amide bonds. The molecule has 2 aromatic carbocycles. The highest BCUT2D eigenvalue weighted by molar-refractivity contribution is 7.16. The van der Waals surface area contributed by atoms with Crippen LogP contribution in [0.1, 0.15) is 57.8 Å². The van der Waals surface area contributed by atoms with Crippen LogP contribution in [-0.4, -0.2) is 36.4 Å². The van der Waals surface area contributed by atoms with Crippen molar-refractivity contribution in [3.05, 3.63) is 87.8 Å². The van der Waals surface area contributed by atoms with Gasteiger partial charge in [-0.05, 0) is 56.2 Å². The van der Waals surface area contributed by atoms with Crippen LogP contribution < -0.4 is 4.90 Å². The minimum Gasteiger partial charge on any atom is -0.464 e. The fourth-order valence-electron chi connectivity index (χ4n) is 5.38. The second kappa shape index (κ2) is 18.0. The number of ether oxygens (including phenoxy) is 1. The summed E-state index contributed by atoms with van der Waals surface area (Å²) in [5.41, 5.74) is 3.17. The first-order valence-corrected chi connectivity index (χ1v) is 17.1. The van der Waals surface area contributed by atoms with Gasteiger partial charge in [0.15, 0.2) is 5.78 Å². The molecule has 0 bridgehead atoms. The van der Waals surface area contributed by atoms with Gasteiger partial charge in [0.2, 0.25) is 5.13 Å². The molecule has 248 valence electrons. The molecule has 4 rings (SSSR count). The summed E-state index contributed by atoms with van der Waals surface area (Å²) in [6.07, 6.45) is 6.79. The van der Waals surface area contributed by atoms with E-state index in [4.69, 9.17) is 9.72 Å². The summed E-state index contributed by atoms with van der Waals surface area (Å²) in [5.74, 6) is -0.501. The monoisotopic (exact) mass is 671 g/mol. The Kier molecular flexibility index (Phi) is 13.3. The van der Waals surface area contributed by atoms with Crippen LogP contribution in [0.5, 0.6) is 0 Å². The van der Waals surface area contributed by atoms with Gasteiger partial charge >= 0.3 is 5.97 Å². The van der Waals surface area contributed by atoms with Gasteiger partial charge in [0, 0.05) is 35.4 Å².